The SMILES string of the molecule is Cn1nc(-c2ccc(F)c(O)c2F)c2cnc(N3CCN(S(C)(=O)=O)C[C@H]3Cc3ccccc3)nc21. The molecule has 12 heteroatoms. The number of hydrogen-bond donors (Lipinski definition) is 1. The van der Waals surface area contributed by atoms with Crippen LogP contribution in [-0.4, -0.2) is 69.5 Å². The number of aromatic hydroxyl groups is 1. The summed E-state index contributed by atoms with van der Waals surface area (Å²) in [5, 5.41) is 14.5. The van der Waals surface area contributed by atoms with Gasteiger partial charge < -0.3 is 10.0 Å². The molecule has 1 aliphatic rings. The smallest absolute Gasteiger partial charge is 0.227 e. The first-order valence-corrected chi connectivity index (χ1v) is 13.1. The van der Waals surface area contributed by atoms with Crippen molar-refractivity contribution in [2.75, 3.05) is 30.8 Å². The summed E-state index contributed by atoms with van der Waals surface area (Å²) in [4.78, 5) is 11.2. The van der Waals surface area contributed by atoms with Gasteiger partial charge in [0.1, 0.15) is 5.69 Å². The predicted molar refractivity (Wildman–Crippen MR) is 131 cm³/mol. The lowest BCUT2D eigenvalue weighted by molar-refractivity contribution is 0.330. The minimum absolute atomic E-state index is 0.0698. The highest BCUT2D eigenvalue weighted by Gasteiger charge is 2.33. The molecule has 4 aromatic rings. The number of fused-ring (bicyclic) bond motifs is 1. The van der Waals surface area contributed by atoms with E-state index in [0.717, 1.165) is 11.6 Å². The number of hydrogen-bond acceptors (Lipinski definition) is 7. The minimum Gasteiger partial charge on any atom is -0.503 e. The van der Waals surface area contributed by atoms with E-state index >= 15 is 0 Å². The molecule has 1 aliphatic heterocycles. The van der Waals surface area contributed by atoms with Gasteiger partial charge in [0.25, 0.3) is 0 Å². The lowest BCUT2D eigenvalue weighted by Crippen LogP contribution is -2.56. The molecule has 2 aromatic carbocycles. The maximum atomic E-state index is 14.6. The molecule has 2 aromatic heterocycles. The van der Waals surface area contributed by atoms with Gasteiger partial charge in [-0.05, 0) is 24.1 Å². The number of aromatic nitrogens is 4. The Morgan fingerprint density at radius 1 is 1.11 bits per heavy atom. The summed E-state index contributed by atoms with van der Waals surface area (Å²) < 4.78 is 55.6. The van der Waals surface area contributed by atoms with Gasteiger partial charge in [0.2, 0.25) is 16.0 Å². The molecule has 1 N–H and O–H groups in total. The number of nitrogens with zero attached hydrogens (tertiary/aromatic N) is 6. The molecule has 0 aliphatic carbocycles. The van der Waals surface area contributed by atoms with E-state index in [0.29, 0.717) is 36.5 Å². The zero-order chi connectivity index (χ0) is 25.6. The van der Waals surface area contributed by atoms with Crippen molar-refractivity contribution in [3.63, 3.8) is 0 Å². The molecule has 9 nitrogen and oxygen atoms in total. The quantitative estimate of drug-likeness (QED) is 0.437. The number of halogens is 2. The summed E-state index contributed by atoms with van der Waals surface area (Å²) in [6, 6.07) is 11.7. The number of aryl methyl sites for hydroxylation is 1. The van der Waals surface area contributed by atoms with Crippen LogP contribution in [0.2, 0.25) is 0 Å². The summed E-state index contributed by atoms with van der Waals surface area (Å²) in [6.07, 6.45) is 3.31. The van der Waals surface area contributed by atoms with Crippen molar-refractivity contribution in [1.82, 2.24) is 24.1 Å². The van der Waals surface area contributed by atoms with Crippen molar-refractivity contribution in [3.8, 4) is 17.0 Å². The third-order valence-electron chi connectivity index (χ3n) is 6.38. The topological polar surface area (TPSA) is 104 Å². The Labute approximate surface area is 206 Å². The Balaban J connectivity index is 1.54. The van der Waals surface area contributed by atoms with Crippen LogP contribution in [0.3, 0.4) is 0 Å². The maximum absolute atomic E-state index is 14.6. The molecule has 1 atom stereocenters. The molecule has 0 amide bonds. The van der Waals surface area contributed by atoms with E-state index in [1.54, 1.807) is 7.05 Å². The van der Waals surface area contributed by atoms with Crippen LogP contribution in [0.5, 0.6) is 5.75 Å². The van der Waals surface area contributed by atoms with Crippen molar-refractivity contribution < 1.29 is 22.3 Å². The lowest BCUT2D eigenvalue weighted by Gasteiger charge is -2.40. The first-order chi connectivity index (χ1) is 17.1. The molecule has 3 heterocycles. The highest BCUT2D eigenvalue weighted by Crippen LogP contribution is 2.34. The van der Waals surface area contributed by atoms with Crippen LogP contribution in [-0.2, 0) is 23.5 Å². The zero-order valence-corrected chi connectivity index (χ0v) is 20.5. The van der Waals surface area contributed by atoms with E-state index in [2.05, 4.69) is 15.1 Å². The van der Waals surface area contributed by atoms with E-state index in [4.69, 9.17) is 0 Å². The molecule has 0 unspecified atom stereocenters. The van der Waals surface area contributed by atoms with Gasteiger partial charge in [-0.25, -0.2) is 26.9 Å². The van der Waals surface area contributed by atoms with Crippen LogP contribution in [0.1, 0.15) is 5.56 Å². The van der Waals surface area contributed by atoms with Crippen molar-refractivity contribution in [1.29, 1.82) is 0 Å². The molecular formula is C24H24F2N6O3S. The monoisotopic (exact) mass is 514 g/mol. The Morgan fingerprint density at radius 2 is 1.86 bits per heavy atom. The fraction of sp³-hybridized carbons (Fsp3) is 0.292. The van der Waals surface area contributed by atoms with E-state index in [-0.39, 0.29) is 23.8 Å². The van der Waals surface area contributed by atoms with Crippen molar-refractivity contribution in [3.05, 3.63) is 65.9 Å². The molecule has 1 fully saturated rings. The maximum Gasteiger partial charge on any atom is 0.227 e. The van der Waals surface area contributed by atoms with Crippen molar-refractivity contribution >= 4 is 27.0 Å². The zero-order valence-electron chi connectivity index (χ0n) is 19.6. The number of piperazine rings is 1. The second-order valence-electron chi connectivity index (χ2n) is 8.79. The highest BCUT2D eigenvalue weighted by molar-refractivity contribution is 7.88. The Hall–Kier alpha value is -3.64. The summed E-state index contributed by atoms with van der Waals surface area (Å²) in [7, 11) is -1.72. The molecule has 0 bridgehead atoms. The first kappa shape index (κ1) is 24.1. The van der Waals surface area contributed by atoms with E-state index < -0.39 is 27.4 Å². The van der Waals surface area contributed by atoms with E-state index in [9.17, 15) is 22.3 Å². The summed E-state index contributed by atoms with van der Waals surface area (Å²) >= 11 is 0. The van der Waals surface area contributed by atoms with Crippen LogP contribution < -0.4 is 4.90 Å². The second kappa shape index (κ2) is 9.10. The summed E-state index contributed by atoms with van der Waals surface area (Å²) in [5.74, 6) is -2.85. The van der Waals surface area contributed by atoms with Gasteiger partial charge in [0, 0.05) is 44.5 Å². The molecule has 188 valence electrons. The molecule has 5 rings (SSSR count). The Bertz CT molecular complexity index is 1540. The van der Waals surface area contributed by atoms with Crippen LogP contribution >= 0.6 is 0 Å². The van der Waals surface area contributed by atoms with E-state index in [1.165, 1.54) is 27.5 Å². The molecule has 0 spiro atoms. The number of rotatable bonds is 5. The Kier molecular flexibility index (Phi) is 6.08. The van der Waals surface area contributed by atoms with Crippen LogP contribution in [0, 0.1) is 11.6 Å². The number of phenols is 1. The van der Waals surface area contributed by atoms with Crippen LogP contribution in [0.4, 0.5) is 14.7 Å². The third kappa shape index (κ3) is 4.37. The number of sulfonamides is 1. The minimum atomic E-state index is -3.37. The summed E-state index contributed by atoms with van der Waals surface area (Å²) in [6.45, 7) is 0.968. The third-order valence-corrected chi connectivity index (χ3v) is 7.64. The number of benzene rings is 2. The average molecular weight is 515 g/mol. The second-order valence-corrected chi connectivity index (χ2v) is 10.8. The standard InChI is InChI=1S/C24H24F2N6O3S/c1-30-23-18(21(29-30)17-8-9-19(25)22(33)20(17)26)13-27-24(28-23)32-11-10-31(36(2,34)35)14-16(32)12-15-6-4-3-5-7-15/h3-9,13,16,33H,10-12,14H2,1-2H3/t16-/m1/s1. The lowest BCUT2D eigenvalue weighted by atomic mass is 10.0. The van der Waals surface area contributed by atoms with Gasteiger partial charge in [0.05, 0.1) is 11.6 Å². The highest BCUT2D eigenvalue weighted by atomic mass is 32.2. The van der Waals surface area contributed by atoms with Gasteiger partial charge >= 0.3 is 0 Å². The number of phenolic OH excluding ortho intramolecular Hbond substituents is 1. The fourth-order valence-corrected chi connectivity index (χ4v) is 5.40. The summed E-state index contributed by atoms with van der Waals surface area (Å²) in [5.41, 5.74) is 1.58. The van der Waals surface area contributed by atoms with Gasteiger partial charge in [-0.15, -0.1) is 0 Å². The molecule has 0 saturated carbocycles. The largest absolute Gasteiger partial charge is 0.503 e. The fourth-order valence-electron chi connectivity index (χ4n) is 4.54. The van der Waals surface area contributed by atoms with Gasteiger partial charge in [-0.2, -0.15) is 14.4 Å². The number of anilines is 1. The molecule has 36 heavy (non-hydrogen) atoms. The van der Waals surface area contributed by atoms with Gasteiger partial charge in [-0.1, -0.05) is 30.3 Å². The molecule has 0 radical (unpaired) electrons. The molecular weight excluding hydrogens is 490 g/mol. The van der Waals surface area contributed by atoms with Gasteiger partial charge in [0.15, 0.2) is 23.0 Å². The van der Waals surface area contributed by atoms with Gasteiger partial charge in [-0.3, -0.25) is 0 Å². The first-order valence-electron chi connectivity index (χ1n) is 11.3. The predicted octanol–water partition coefficient (Wildman–Crippen LogP) is 2.71. The average Bonchev–Trinajstić information content (AvgIpc) is 3.18. The van der Waals surface area contributed by atoms with Crippen LogP contribution in [0.25, 0.3) is 22.3 Å². The van der Waals surface area contributed by atoms with Crippen LogP contribution in [0.15, 0.2) is 48.7 Å². The van der Waals surface area contributed by atoms with E-state index in [1.807, 2.05) is 35.2 Å². The van der Waals surface area contributed by atoms with Crippen molar-refractivity contribution in [2.24, 2.45) is 7.05 Å². The normalized spacial score (nSPS) is 17.1. The Morgan fingerprint density at radius 3 is 2.58 bits per heavy atom. The molecule has 1 saturated heterocycles. The van der Waals surface area contributed by atoms with Crippen molar-refractivity contribution in [2.45, 2.75) is 12.5 Å².